The van der Waals surface area contributed by atoms with E-state index < -0.39 is 0 Å². The first kappa shape index (κ1) is 17.5. The van der Waals surface area contributed by atoms with Gasteiger partial charge < -0.3 is 9.47 Å². The molecule has 0 saturated carbocycles. The van der Waals surface area contributed by atoms with Crippen LogP contribution in [0.1, 0.15) is 50.9 Å². The highest BCUT2D eigenvalue weighted by Crippen LogP contribution is 2.29. The number of hydrogen-bond acceptors (Lipinski definition) is 3. The zero-order valence-electron chi connectivity index (χ0n) is 16.2. The Balaban J connectivity index is 1.76. The first-order chi connectivity index (χ1) is 12.8. The molecule has 0 amide bonds. The molecule has 1 aromatic carbocycles. The first-order valence-electron chi connectivity index (χ1n) is 10.3. The van der Waals surface area contributed by atoms with E-state index in [1.165, 1.54) is 61.1 Å². The summed E-state index contributed by atoms with van der Waals surface area (Å²) >= 11 is 0. The Hall–Kier alpha value is -1.94. The van der Waals surface area contributed by atoms with Gasteiger partial charge in [0.25, 0.3) is 0 Å². The number of benzene rings is 1. The fourth-order valence-electron chi connectivity index (χ4n) is 4.31. The van der Waals surface area contributed by atoms with Gasteiger partial charge in [-0.3, -0.25) is 0 Å². The topological polar surface area (TPSA) is 34.0 Å². The summed E-state index contributed by atoms with van der Waals surface area (Å²) < 4.78 is 2.41. The summed E-state index contributed by atoms with van der Waals surface area (Å²) in [6, 6.07) is 8.68. The third-order valence-electron chi connectivity index (χ3n) is 5.53. The summed E-state index contributed by atoms with van der Waals surface area (Å²) in [5, 5.41) is 1.25. The monoisotopic (exact) mass is 350 g/mol. The Kier molecular flexibility index (Phi) is 5.21. The predicted molar refractivity (Wildman–Crippen MR) is 109 cm³/mol. The summed E-state index contributed by atoms with van der Waals surface area (Å²) in [7, 11) is 0. The molecule has 4 nitrogen and oxygen atoms in total. The molecule has 0 saturated heterocycles. The molecule has 0 aliphatic heterocycles. The molecule has 0 bridgehead atoms. The highest BCUT2D eigenvalue weighted by molar-refractivity contribution is 6.04. The van der Waals surface area contributed by atoms with Gasteiger partial charge >= 0.3 is 0 Å². The van der Waals surface area contributed by atoms with E-state index in [4.69, 9.17) is 9.97 Å². The van der Waals surface area contributed by atoms with Crippen molar-refractivity contribution < 1.29 is 0 Å². The van der Waals surface area contributed by atoms with Gasteiger partial charge in [0.1, 0.15) is 5.52 Å². The highest BCUT2D eigenvalue weighted by atomic mass is 15.2. The maximum absolute atomic E-state index is 5.10. The second kappa shape index (κ2) is 7.75. The second-order valence-electron chi connectivity index (χ2n) is 7.51. The minimum absolute atomic E-state index is 0.984. The van der Waals surface area contributed by atoms with Gasteiger partial charge in [0, 0.05) is 18.5 Å². The van der Waals surface area contributed by atoms with Crippen LogP contribution in [-0.4, -0.2) is 39.1 Å². The minimum Gasteiger partial charge on any atom is -0.323 e. The lowest BCUT2D eigenvalue weighted by atomic mass is 10.0. The summed E-state index contributed by atoms with van der Waals surface area (Å²) in [5.41, 5.74) is 5.91. The van der Waals surface area contributed by atoms with E-state index in [1.54, 1.807) is 0 Å². The van der Waals surface area contributed by atoms with E-state index in [-0.39, 0.29) is 0 Å². The van der Waals surface area contributed by atoms with E-state index in [9.17, 15) is 0 Å². The number of fused-ring (bicyclic) bond motifs is 4. The molecule has 0 radical (unpaired) electrons. The molecule has 0 fully saturated rings. The van der Waals surface area contributed by atoms with Crippen molar-refractivity contribution in [2.45, 2.75) is 58.9 Å². The van der Waals surface area contributed by atoms with Gasteiger partial charge in [0.2, 0.25) is 0 Å². The molecule has 0 spiro atoms. The van der Waals surface area contributed by atoms with Crippen molar-refractivity contribution >= 4 is 22.1 Å². The van der Waals surface area contributed by atoms with Gasteiger partial charge in [0.05, 0.1) is 16.9 Å². The molecule has 0 unspecified atom stereocenters. The number of aryl methyl sites for hydroxylation is 2. The van der Waals surface area contributed by atoms with Crippen LogP contribution in [0.15, 0.2) is 24.3 Å². The van der Waals surface area contributed by atoms with Gasteiger partial charge in [0.15, 0.2) is 5.65 Å². The van der Waals surface area contributed by atoms with Crippen molar-refractivity contribution in [3.63, 3.8) is 0 Å². The fourth-order valence-corrected chi connectivity index (χ4v) is 4.31. The van der Waals surface area contributed by atoms with Crippen molar-refractivity contribution in [2.75, 3.05) is 19.6 Å². The normalized spacial score (nSPS) is 14.4. The summed E-state index contributed by atoms with van der Waals surface area (Å²) in [6.07, 6.45) is 7.07. The highest BCUT2D eigenvalue weighted by Gasteiger charge is 2.19. The van der Waals surface area contributed by atoms with Crippen LogP contribution in [0.2, 0.25) is 0 Å². The van der Waals surface area contributed by atoms with Crippen LogP contribution in [-0.2, 0) is 19.4 Å². The largest absolute Gasteiger partial charge is 0.323 e. The Morgan fingerprint density at radius 2 is 1.62 bits per heavy atom. The minimum atomic E-state index is 0.984. The molecule has 3 aromatic rings. The quantitative estimate of drug-likeness (QED) is 0.625. The molecule has 0 N–H and O–H groups in total. The lowest BCUT2D eigenvalue weighted by Gasteiger charge is -2.21. The van der Waals surface area contributed by atoms with Gasteiger partial charge in [-0.05, 0) is 57.7 Å². The molecule has 138 valence electrons. The summed E-state index contributed by atoms with van der Waals surface area (Å²) in [4.78, 5) is 12.7. The van der Waals surface area contributed by atoms with Crippen LogP contribution in [0.3, 0.4) is 0 Å². The number of para-hydroxylation sites is 1. The van der Waals surface area contributed by atoms with E-state index in [0.29, 0.717) is 0 Å². The average molecular weight is 351 g/mol. The molecule has 1 aliphatic carbocycles. The molecule has 4 heteroatoms. The predicted octanol–water partition coefficient (Wildman–Crippen LogP) is 4.59. The SMILES string of the molecule is CCCN(CCC)CCn1c2ccccc2c2nc3c(nc21)CCCC3. The molecule has 2 heterocycles. The lowest BCUT2D eigenvalue weighted by molar-refractivity contribution is 0.266. The summed E-state index contributed by atoms with van der Waals surface area (Å²) in [5.74, 6) is 0. The Bertz CT molecular complexity index is 890. The zero-order chi connectivity index (χ0) is 17.9. The lowest BCUT2D eigenvalue weighted by Crippen LogP contribution is -2.29. The zero-order valence-corrected chi connectivity index (χ0v) is 16.2. The van der Waals surface area contributed by atoms with Crippen molar-refractivity contribution in [1.29, 1.82) is 0 Å². The molecule has 0 atom stereocenters. The smallest absolute Gasteiger partial charge is 0.160 e. The van der Waals surface area contributed by atoms with Gasteiger partial charge in [-0.2, -0.15) is 0 Å². The molecule has 4 rings (SSSR count). The van der Waals surface area contributed by atoms with Crippen LogP contribution in [0, 0.1) is 0 Å². The number of aromatic nitrogens is 3. The maximum atomic E-state index is 5.10. The first-order valence-corrected chi connectivity index (χ1v) is 10.3. The maximum Gasteiger partial charge on any atom is 0.160 e. The Morgan fingerprint density at radius 3 is 2.35 bits per heavy atom. The second-order valence-corrected chi connectivity index (χ2v) is 7.51. The van der Waals surface area contributed by atoms with Crippen molar-refractivity contribution in [1.82, 2.24) is 19.4 Å². The van der Waals surface area contributed by atoms with E-state index in [2.05, 4.69) is 47.6 Å². The van der Waals surface area contributed by atoms with Crippen LogP contribution in [0.4, 0.5) is 0 Å². The number of hydrogen-bond donors (Lipinski definition) is 0. The van der Waals surface area contributed by atoms with Crippen molar-refractivity contribution in [3.8, 4) is 0 Å². The molecule has 2 aromatic heterocycles. The van der Waals surface area contributed by atoms with E-state index in [0.717, 1.165) is 37.1 Å². The average Bonchev–Trinajstić information content (AvgIpc) is 2.97. The fraction of sp³-hybridized carbons (Fsp3) is 0.545. The van der Waals surface area contributed by atoms with Gasteiger partial charge in [-0.15, -0.1) is 0 Å². The van der Waals surface area contributed by atoms with Crippen molar-refractivity contribution in [3.05, 3.63) is 35.7 Å². The van der Waals surface area contributed by atoms with Crippen LogP contribution >= 0.6 is 0 Å². The van der Waals surface area contributed by atoms with E-state index in [1.807, 2.05) is 0 Å². The number of nitrogens with zero attached hydrogens (tertiary/aromatic N) is 4. The standard InChI is InChI=1S/C22H30N4/c1-3-13-25(14-4-2)15-16-26-20-12-8-5-9-17(20)21-22(26)24-19-11-7-6-10-18(19)23-21/h5,8-9,12H,3-4,6-7,10-11,13-16H2,1-2H3. The van der Waals surface area contributed by atoms with Gasteiger partial charge in [-0.1, -0.05) is 32.0 Å². The molecular formula is C22H30N4. The van der Waals surface area contributed by atoms with Crippen LogP contribution in [0.5, 0.6) is 0 Å². The summed E-state index contributed by atoms with van der Waals surface area (Å²) in [6.45, 7) is 8.94. The van der Waals surface area contributed by atoms with Crippen molar-refractivity contribution in [2.24, 2.45) is 0 Å². The molecule has 26 heavy (non-hydrogen) atoms. The van der Waals surface area contributed by atoms with Crippen LogP contribution < -0.4 is 0 Å². The number of rotatable bonds is 7. The molecule has 1 aliphatic rings. The molecular weight excluding hydrogens is 320 g/mol. The third-order valence-corrected chi connectivity index (χ3v) is 5.53. The van der Waals surface area contributed by atoms with E-state index >= 15 is 0 Å². The Labute approximate surface area is 156 Å². The Morgan fingerprint density at radius 1 is 0.923 bits per heavy atom. The third kappa shape index (κ3) is 3.23. The van der Waals surface area contributed by atoms with Gasteiger partial charge in [-0.25, -0.2) is 9.97 Å². The van der Waals surface area contributed by atoms with Crippen LogP contribution in [0.25, 0.3) is 22.1 Å².